The molecule has 1 fully saturated rings. The highest BCUT2D eigenvalue weighted by Gasteiger charge is 2.14. The average molecular weight is 524 g/mol. The molecule has 0 unspecified atom stereocenters. The molecule has 11 heteroatoms. The van der Waals surface area contributed by atoms with Crippen LogP contribution < -0.4 is 14.8 Å². The van der Waals surface area contributed by atoms with Gasteiger partial charge in [-0.1, -0.05) is 11.6 Å². The first-order valence-electron chi connectivity index (χ1n) is 11.8. The van der Waals surface area contributed by atoms with Crippen molar-refractivity contribution in [1.82, 2.24) is 19.8 Å². The Hall–Kier alpha value is -3.86. The van der Waals surface area contributed by atoms with Gasteiger partial charge in [0.15, 0.2) is 11.3 Å². The summed E-state index contributed by atoms with van der Waals surface area (Å²) in [7, 11) is 2.14. The number of nitrogens with zero attached hydrogens (tertiary/aromatic N) is 4. The number of ether oxygens (including phenoxy) is 2. The first-order chi connectivity index (χ1) is 17.9. The molecule has 1 aliphatic heterocycles. The summed E-state index contributed by atoms with van der Waals surface area (Å²) in [6.45, 7) is 5.58. The number of aromatic nitrogens is 2. The summed E-state index contributed by atoms with van der Waals surface area (Å²) in [6, 6.07) is 13.8. The van der Waals surface area contributed by atoms with E-state index in [1.54, 1.807) is 30.3 Å². The van der Waals surface area contributed by atoms with E-state index >= 15 is 0 Å². The number of anilines is 2. The van der Waals surface area contributed by atoms with Crippen LogP contribution in [0, 0.1) is 0 Å². The number of fused-ring (bicyclic) bond motifs is 1. The Balaban J connectivity index is 1.23. The van der Waals surface area contributed by atoms with Gasteiger partial charge in [-0.15, -0.1) is 0 Å². The number of piperazine rings is 1. The normalized spacial score (nSPS) is 14.5. The van der Waals surface area contributed by atoms with E-state index in [0.717, 1.165) is 38.4 Å². The van der Waals surface area contributed by atoms with Gasteiger partial charge < -0.3 is 29.2 Å². The van der Waals surface area contributed by atoms with Crippen molar-refractivity contribution in [2.45, 2.75) is 0 Å². The predicted molar refractivity (Wildman–Crippen MR) is 139 cm³/mol. The standard InChI is InChI=1S/C26H26ClN5O5/c1-31-8-10-32(11-9-31)12-13-35-24-14-17(2-4-20(24)27)29-26-30-21-15-18(3-5-23(21)37-26)36-19-6-7-28-22(16-19)25(33)34/h2-7,14-16H,8-13H2,1H3,(H,29,30)(H,33,34). The molecule has 0 radical (unpaired) electrons. The zero-order valence-corrected chi connectivity index (χ0v) is 20.9. The number of likely N-dealkylation sites (N-methyl/N-ethyl adjacent to an activating group) is 1. The van der Waals surface area contributed by atoms with E-state index in [2.05, 4.69) is 32.1 Å². The van der Waals surface area contributed by atoms with Crippen molar-refractivity contribution in [3.8, 4) is 17.2 Å². The van der Waals surface area contributed by atoms with Gasteiger partial charge in [0, 0.05) is 62.8 Å². The number of halogens is 1. The van der Waals surface area contributed by atoms with Gasteiger partial charge in [0.05, 0.1) is 5.02 Å². The van der Waals surface area contributed by atoms with Crippen LogP contribution in [0.1, 0.15) is 10.5 Å². The highest BCUT2D eigenvalue weighted by atomic mass is 35.5. The molecule has 0 bridgehead atoms. The van der Waals surface area contributed by atoms with Gasteiger partial charge in [-0.3, -0.25) is 4.90 Å². The number of nitrogens with one attached hydrogen (secondary N) is 1. The minimum Gasteiger partial charge on any atom is -0.491 e. The predicted octanol–water partition coefficient (Wildman–Crippen LogP) is 4.74. The van der Waals surface area contributed by atoms with Crippen LogP contribution in [-0.4, -0.2) is 77.2 Å². The van der Waals surface area contributed by atoms with Crippen LogP contribution in [0.4, 0.5) is 11.7 Å². The van der Waals surface area contributed by atoms with Gasteiger partial charge in [0.25, 0.3) is 6.01 Å². The lowest BCUT2D eigenvalue weighted by Gasteiger charge is -2.32. The SMILES string of the molecule is CN1CCN(CCOc2cc(Nc3nc4cc(Oc5ccnc(C(=O)O)c5)ccc4o3)ccc2Cl)CC1. The second-order valence-corrected chi connectivity index (χ2v) is 9.10. The first-order valence-corrected chi connectivity index (χ1v) is 12.2. The van der Waals surface area contributed by atoms with E-state index in [0.29, 0.717) is 46.0 Å². The molecule has 0 amide bonds. The van der Waals surface area contributed by atoms with Gasteiger partial charge in [-0.05, 0) is 37.4 Å². The van der Waals surface area contributed by atoms with Crippen molar-refractivity contribution in [2.24, 2.45) is 0 Å². The van der Waals surface area contributed by atoms with Crippen LogP contribution in [0.15, 0.2) is 59.1 Å². The number of oxazole rings is 1. The maximum absolute atomic E-state index is 11.1. The number of rotatable bonds is 9. The summed E-state index contributed by atoms with van der Waals surface area (Å²) in [5.74, 6) is 0.303. The fourth-order valence-corrected chi connectivity index (χ4v) is 4.10. The first kappa shape index (κ1) is 24.8. The zero-order chi connectivity index (χ0) is 25.8. The molecule has 2 aromatic heterocycles. The van der Waals surface area contributed by atoms with Crippen molar-refractivity contribution in [2.75, 3.05) is 51.7 Å². The van der Waals surface area contributed by atoms with Gasteiger partial charge in [-0.2, -0.15) is 4.98 Å². The second-order valence-electron chi connectivity index (χ2n) is 8.70. The Labute approximate surface area is 218 Å². The zero-order valence-electron chi connectivity index (χ0n) is 20.2. The maximum atomic E-state index is 11.1. The maximum Gasteiger partial charge on any atom is 0.354 e. The minimum absolute atomic E-state index is 0.0999. The van der Waals surface area contributed by atoms with E-state index in [1.807, 2.05) is 12.1 Å². The molecule has 4 aromatic rings. The summed E-state index contributed by atoms with van der Waals surface area (Å²) >= 11 is 6.35. The fourth-order valence-electron chi connectivity index (χ4n) is 3.92. The van der Waals surface area contributed by atoms with Crippen LogP contribution in [0.5, 0.6) is 17.2 Å². The third kappa shape index (κ3) is 6.29. The van der Waals surface area contributed by atoms with Crippen molar-refractivity contribution in [1.29, 1.82) is 0 Å². The lowest BCUT2D eigenvalue weighted by atomic mass is 10.3. The fraction of sp³-hybridized carbons (Fsp3) is 0.269. The van der Waals surface area contributed by atoms with Crippen LogP contribution in [-0.2, 0) is 0 Å². The van der Waals surface area contributed by atoms with Crippen molar-refractivity contribution < 1.29 is 23.8 Å². The number of aromatic carboxylic acids is 1. The molecule has 1 saturated heterocycles. The highest BCUT2D eigenvalue weighted by Crippen LogP contribution is 2.31. The molecule has 2 aromatic carbocycles. The number of carboxylic acids is 1. The molecule has 1 aliphatic rings. The van der Waals surface area contributed by atoms with Crippen molar-refractivity contribution in [3.05, 3.63) is 65.4 Å². The Morgan fingerprint density at radius 3 is 2.73 bits per heavy atom. The van der Waals surface area contributed by atoms with Gasteiger partial charge >= 0.3 is 5.97 Å². The molecular weight excluding hydrogens is 498 g/mol. The molecule has 10 nitrogen and oxygen atoms in total. The molecule has 0 aliphatic carbocycles. The molecule has 0 spiro atoms. The number of benzene rings is 2. The van der Waals surface area contributed by atoms with Crippen molar-refractivity contribution >= 4 is 40.4 Å². The lowest BCUT2D eigenvalue weighted by molar-refractivity contribution is 0.0690. The molecule has 192 valence electrons. The largest absolute Gasteiger partial charge is 0.491 e. The number of pyridine rings is 1. The van der Waals surface area contributed by atoms with Crippen LogP contribution in [0.3, 0.4) is 0 Å². The second kappa shape index (κ2) is 11.0. The summed E-state index contributed by atoms with van der Waals surface area (Å²) in [6.07, 6.45) is 1.38. The van der Waals surface area contributed by atoms with Crippen molar-refractivity contribution in [3.63, 3.8) is 0 Å². The van der Waals surface area contributed by atoms with Crippen LogP contribution in [0.25, 0.3) is 11.1 Å². The molecule has 0 saturated carbocycles. The Morgan fingerprint density at radius 2 is 1.92 bits per heavy atom. The van der Waals surface area contributed by atoms with Gasteiger partial charge in [0.1, 0.15) is 29.4 Å². The van der Waals surface area contributed by atoms with Crippen LogP contribution >= 0.6 is 11.6 Å². The highest BCUT2D eigenvalue weighted by molar-refractivity contribution is 6.32. The minimum atomic E-state index is -1.13. The lowest BCUT2D eigenvalue weighted by Crippen LogP contribution is -2.45. The molecule has 3 heterocycles. The summed E-state index contributed by atoms with van der Waals surface area (Å²) in [5, 5.41) is 12.8. The Kier molecular flexibility index (Phi) is 7.40. The van der Waals surface area contributed by atoms with E-state index in [9.17, 15) is 4.79 Å². The summed E-state index contributed by atoms with van der Waals surface area (Å²) in [5.41, 5.74) is 1.76. The van der Waals surface area contributed by atoms with Gasteiger partial charge in [-0.25, -0.2) is 9.78 Å². The average Bonchev–Trinajstić information content (AvgIpc) is 3.29. The van der Waals surface area contributed by atoms with Crippen LogP contribution in [0.2, 0.25) is 5.02 Å². The number of hydrogen-bond acceptors (Lipinski definition) is 9. The van der Waals surface area contributed by atoms with E-state index in [-0.39, 0.29) is 5.69 Å². The molecule has 37 heavy (non-hydrogen) atoms. The quantitative estimate of drug-likeness (QED) is 0.319. The molecular formula is C26H26ClN5O5. The Morgan fingerprint density at radius 1 is 1.11 bits per heavy atom. The monoisotopic (exact) mass is 523 g/mol. The smallest absolute Gasteiger partial charge is 0.354 e. The third-order valence-corrected chi connectivity index (χ3v) is 6.30. The Bertz CT molecular complexity index is 1400. The molecule has 5 rings (SSSR count). The third-order valence-electron chi connectivity index (χ3n) is 5.99. The summed E-state index contributed by atoms with van der Waals surface area (Å²) < 4.78 is 17.6. The van der Waals surface area contributed by atoms with E-state index in [1.165, 1.54) is 12.3 Å². The number of carboxylic acid groups (broad SMARTS) is 1. The summed E-state index contributed by atoms with van der Waals surface area (Å²) in [4.78, 5) is 24.1. The number of carbonyl (C=O) groups is 1. The molecule has 0 atom stereocenters. The van der Waals surface area contributed by atoms with E-state index < -0.39 is 5.97 Å². The van der Waals surface area contributed by atoms with Gasteiger partial charge in [0.2, 0.25) is 0 Å². The topological polar surface area (TPSA) is 113 Å². The van der Waals surface area contributed by atoms with E-state index in [4.69, 9.17) is 30.6 Å². The number of hydrogen-bond donors (Lipinski definition) is 2. The molecule has 2 N–H and O–H groups in total.